The predicted molar refractivity (Wildman–Crippen MR) is 106 cm³/mol. The molecule has 28 heavy (non-hydrogen) atoms. The van der Waals surface area contributed by atoms with E-state index in [0.717, 1.165) is 15.6 Å². The van der Waals surface area contributed by atoms with E-state index in [1.54, 1.807) is 30.6 Å². The quantitative estimate of drug-likeness (QED) is 0.475. The molecule has 1 radical (unpaired) electrons. The van der Waals surface area contributed by atoms with Gasteiger partial charge < -0.3 is 20.5 Å². The lowest BCUT2D eigenvalue weighted by atomic mass is 10.1. The first kappa shape index (κ1) is 21.6. The van der Waals surface area contributed by atoms with Crippen LogP contribution in [0.2, 0.25) is 0 Å². The van der Waals surface area contributed by atoms with Crippen LogP contribution in [0, 0.1) is 0 Å². The van der Waals surface area contributed by atoms with E-state index in [2.05, 4.69) is 21.2 Å². The van der Waals surface area contributed by atoms with Crippen LogP contribution in [0.3, 0.4) is 0 Å². The normalized spacial score (nSPS) is 12.5. The van der Waals surface area contributed by atoms with Crippen LogP contribution in [0.25, 0.3) is 0 Å². The molecule has 0 fully saturated rings. The van der Waals surface area contributed by atoms with Crippen molar-refractivity contribution in [3.05, 3.63) is 64.1 Å². The average molecular weight is 448 g/mol. The smallest absolute Gasteiger partial charge is 0.429 e. The first-order chi connectivity index (χ1) is 13.4. The number of benzene rings is 2. The summed E-state index contributed by atoms with van der Waals surface area (Å²) in [6.45, 7) is 1.60. The summed E-state index contributed by atoms with van der Waals surface area (Å²) in [5.74, 6) is -0.130. The van der Waals surface area contributed by atoms with E-state index in [4.69, 9.17) is 15.2 Å². The molecule has 0 aromatic heterocycles. The lowest BCUT2D eigenvalue weighted by Crippen LogP contribution is -2.45. The molecule has 2 aromatic rings. The Hall–Kier alpha value is -2.71. The van der Waals surface area contributed by atoms with Crippen LogP contribution in [-0.2, 0) is 27.4 Å². The summed E-state index contributed by atoms with van der Waals surface area (Å²) in [4.78, 5) is 34.1. The summed E-state index contributed by atoms with van der Waals surface area (Å²) < 4.78 is 11.1. The van der Waals surface area contributed by atoms with Gasteiger partial charge in [-0.2, -0.15) is 0 Å². The minimum atomic E-state index is -0.821. The second-order valence-corrected chi connectivity index (χ2v) is 6.89. The van der Waals surface area contributed by atoms with Crippen LogP contribution in [-0.4, -0.2) is 30.4 Å². The molecule has 0 aliphatic heterocycles. The third kappa shape index (κ3) is 6.79. The fraction of sp³-hybridized carbons (Fsp3) is 0.250. The summed E-state index contributed by atoms with van der Waals surface area (Å²) in [6, 6.07) is 12.4. The Kier molecular flexibility index (Phi) is 8.16. The number of hydrogen-bond donors (Lipinski definition) is 2. The van der Waals surface area contributed by atoms with Crippen molar-refractivity contribution >= 4 is 34.3 Å². The van der Waals surface area contributed by atoms with Crippen molar-refractivity contribution in [2.75, 3.05) is 0 Å². The highest BCUT2D eigenvalue weighted by atomic mass is 79.9. The first-order valence-electron chi connectivity index (χ1n) is 8.49. The Balaban J connectivity index is 1.83. The third-order valence-corrected chi connectivity index (χ3v) is 4.53. The molecule has 2 atom stereocenters. The van der Waals surface area contributed by atoms with Crippen LogP contribution in [0.4, 0.5) is 4.79 Å². The van der Waals surface area contributed by atoms with Gasteiger partial charge in [0.2, 0.25) is 12.2 Å². The minimum Gasteiger partial charge on any atom is -0.429 e. The van der Waals surface area contributed by atoms with E-state index in [0.29, 0.717) is 5.75 Å². The molecular weight excluding hydrogens is 428 g/mol. The molecule has 0 aliphatic carbocycles. The van der Waals surface area contributed by atoms with Gasteiger partial charge in [-0.3, -0.25) is 9.59 Å². The number of carbonyl (C=O) groups is 2. The molecule has 2 rings (SSSR count). The lowest BCUT2D eigenvalue weighted by molar-refractivity contribution is -0.122. The molecule has 8 heteroatoms. The number of amides is 1. The zero-order valence-corrected chi connectivity index (χ0v) is 16.8. The van der Waals surface area contributed by atoms with Crippen LogP contribution in [0.5, 0.6) is 5.75 Å². The molecule has 0 saturated carbocycles. The highest BCUT2D eigenvalue weighted by Crippen LogP contribution is 2.18. The Morgan fingerprint density at radius 1 is 1.18 bits per heavy atom. The molecule has 7 nitrogen and oxygen atoms in total. The van der Waals surface area contributed by atoms with E-state index in [1.165, 1.54) is 6.92 Å². The Morgan fingerprint density at radius 2 is 1.86 bits per heavy atom. The molecule has 0 unspecified atom stereocenters. The fourth-order valence-corrected chi connectivity index (χ4v) is 2.67. The zero-order valence-electron chi connectivity index (χ0n) is 15.2. The largest absolute Gasteiger partial charge is 0.514 e. The molecule has 3 N–H and O–H groups in total. The maximum atomic E-state index is 11.8. The van der Waals surface area contributed by atoms with Gasteiger partial charge in [0.15, 0.2) is 0 Å². The predicted octanol–water partition coefficient (Wildman–Crippen LogP) is 2.65. The number of carbonyl (C=O) groups excluding carboxylic acids is 3. The van der Waals surface area contributed by atoms with Gasteiger partial charge in [0, 0.05) is 10.0 Å². The van der Waals surface area contributed by atoms with Gasteiger partial charge in [-0.25, -0.2) is 4.79 Å². The number of hydrogen-bond acceptors (Lipinski definition) is 6. The van der Waals surface area contributed by atoms with Crippen molar-refractivity contribution in [1.29, 1.82) is 0 Å². The average Bonchev–Trinajstić information content (AvgIpc) is 2.68. The van der Waals surface area contributed by atoms with E-state index < -0.39 is 24.1 Å². The van der Waals surface area contributed by atoms with Crippen LogP contribution >= 0.6 is 15.9 Å². The maximum absolute atomic E-state index is 11.8. The molecule has 0 aliphatic rings. The summed E-state index contributed by atoms with van der Waals surface area (Å²) in [5, 5.41) is 2.44. The van der Waals surface area contributed by atoms with Crippen molar-refractivity contribution in [2.24, 2.45) is 5.73 Å². The minimum absolute atomic E-state index is 0.0823. The molecule has 0 saturated heterocycles. The van der Waals surface area contributed by atoms with Crippen molar-refractivity contribution < 1.29 is 23.9 Å². The van der Waals surface area contributed by atoms with Gasteiger partial charge in [-0.05, 0) is 37.1 Å². The van der Waals surface area contributed by atoms with Gasteiger partial charge in [-0.15, -0.1) is 0 Å². The first-order valence-corrected chi connectivity index (χ1v) is 9.29. The number of ether oxygens (including phenoxy) is 2. The number of rotatable bonds is 8. The monoisotopic (exact) mass is 447 g/mol. The summed E-state index contributed by atoms with van der Waals surface area (Å²) >= 11 is 3.38. The topological polar surface area (TPSA) is 108 Å². The summed E-state index contributed by atoms with van der Waals surface area (Å²) in [7, 11) is 0. The maximum Gasteiger partial charge on any atom is 0.514 e. The summed E-state index contributed by atoms with van der Waals surface area (Å²) in [6.07, 6.45) is 1.11. The van der Waals surface area contributed by atoms with Crippen LogP contribution in [0.15, 0.2) is 53.0 Å². The second-order valence-electron chi connectivity index (χ2n) is 6.03. The zero-order chi connectivity index (χ0) is 20.5. The SMILES string of the molecule is C[C@H]([C]=O)NC(=O)[C@@H](N)Cc1ccc(OC(=O)OCc2ccccc2Br)cc1. The van der Waals surface area contributed by atoms with Gasteiger partial charge in [0.25, 0.3) is 0 Å². The van der Waals surface area contributed by atoms with Gasteiger partial charge >= 0.3 is 6.16 Å². The van der Waals surface area contributed by atoms with Gasteiger partial charge in [0.05, 0.1) is 12.1 Å². The number of nitrogens with one attached hydrogen (secondary N) is 1. The van der Waals surface area contributed by atoms with Gasteiger partial charge in [-0.1, -0.05) is 46.3 Å². The van der Waals surface area contributed by atoms with Crippen LogP contribution in [0.1, 0.15) is 18.1 Å². The Labute approximate surface area is 171 Å². The van der Waals surface area contributed by atoms with E-state index in [1.807, 2.05) is 24.3 Å². The van der Waals surface area contributed by atoms with Crippen molar-refractivity contribution in [3.8, 4) is 5.75 Å². The molecule has 0 heterocycles. The van der Waals surface area contributed by atoms with E-state index in [9.17, 15) is 14.4 Å². The molecule has 0 bridgehead atoms. The van der Waals surface area contributed by atoms with E-state index >= 15 is 0 Å². The Morgan fingerprint density at radius 3 is 2.50 bits per heavy atom. The second kappa shape index (κ2) is 10.6. The van der Waals surface area contributed by atoms with Crippen molar-refractivity contribution in [2.45, 2.75) is 32.0 Å². The fourth-order valence-electron chi connectivity index (χ4n) is 2.27. The number of nitrogens with two attached hydrogens (primary N) is 1. The highest BCUT2D eigenvalue weighted by molar-refractivity contribution is 9.10. The molecule has 1 amide bonds. The van der Waals surface area contributed by atoms with E-state index in [-0.39, 0.29) is 13.0 Å². The van der Waals surface area contributed by atoms with Gasteiger partial charge in [0.1, 0.15) is 12.4 Å². The van der Waals surface area contributed by atoms with Crippen molar-refractivity contribution in [3.63, 3.8) is 0 Å². The molecular formula is C20H20BrN2O5. The molecule has 147 valence electrons. The molecule has 0 spiro atoms. The van der Waals surface area contributed by atoms with Crippen LogP contribution < -0.4 is 15.8 Å². The van der Waals surface area contributed by atoms with Crippen molar-refractivity contribution in [1.82, 2.24) is 5.32 Å². The molecule has 2 aromatic carbocycles. The third-order valence-electron chi connectivity index (χ3n) is 3.76. The number of halogens is 1. The lowest BCUT2D eigenvalue weighted by Gasteiger charge is -2.14. The standard InChI is InChI=1S/C20H20BrN2O5/c1-13(11-24)23-19(25)18(22)10-14-6-8-16(9-7-14)28-20(26)27-12-15-4-2-3-5-17(15)21/h2-9,13,18H,10,12,22H2,1H3,(H,23,25)/t13-,18+/m1/s1. The highest BCUT2D eigenvalue weighted by Gasteiger charge is 2.16. The summed E-state index contributed by atoms with van der Waals surface area (Å²) in [5.41, 5.74) is 7.43. The Bertz CT molecular complexity index is 826.